The van der Waals surface area contributed by atoms with Gasteiger partial charge in [0.2, 0.25) is 11.6 Å². The van der Waals surface area contributed by atoms with Crippen LogP contribution >= 0.6 is 0 Å². The summed E-state index contributed by atoms with van der Waals surface area (Å²) in [6.07, 6.45) is 5.10. The van der Waals surface area contributed by atoms with E-state index >= 15 is 0 Å². The second kappa shape index (κ2) is 5.23. The molecular formula is C14H17N5O4S. The Bertz CT molecular complexity index is 902. The van der Waals surface area contributed by atoms with E-state index < -0.39 is 21.7 Å². The highest BCUT2D eigenvalue weighted by Gasteiger charge is 2.44. The van der Waals surface area contributed by atoms with E-state index in [-0.39, 0.29) is 5.92 Å². The Hall–Kier alpha value is -2.04. The van der Waals surface area contributed by atoms with Gasteiger partial charge in [-0.15, -0.1) is 5.10 Å². The number of hydrogen-bond donors (Lipinski definition) is 2. The first-order valence-corrected chi connectivity index (χ1v) is 9.31. The van der Waals surface area contributed by atoms with Gasteiger partial charge >= 0.3 is 0 Å². The van der Waals surface area contributed by atoms with Crippen molar-refractivity contribution in [3.63, 3.8) is 0 Å². The molecule has 0 aromatic carbocycles. The summed E-state index contributed by atoms with van der Waals surface area (Å²) in [6.45, 7) is 0. The van der Waals surface area contributed by atoms with E-state index in [1.165, 1.54) is 10.9 Å². The summed E-state index contributed by atoms with van der Waals surface area (Å²) >= 11 is 0. The zero-order valence-electron chi connectivity index (χ0n) is 12.8. The van der Waals surface area contributed by atoms with Crippen molar-refractivity contribution in [2.24, 2.45) is 10.7 Å². The summed E-state index contributed by atoms with van der Waals surface area (Å²) in [5, 5.41) is 4.33. The minimum atomic E-state index is -4.35. The molecule has 24 heavy (non-hydrogen) atoms. The Morgan fingerprint density at radius 3 is 3.00 bits per heavy atom. The average molecular weight is 351 g/mol. The molecule has 9 nitrogen and oxygen atoms in total. The van der Waals surface area contributed by atoms with Gasteiger partial charge < -0.3 is 4.42 Å². The van der Waals surface area contributed by atoms with Gasteiger partial charge in [0, 0.05) is 5.71 Å². The largest absolute Gasteiger partial charge is 0.461 e. The van der Waals surface area contributed by atoms with Gasteiger partial charge in [-0.2, -0.15) is 8.42 Å². The Kier molecular flexibility index (Phi) is 3.37. The molecular weight excluding hydrogens is 334 g/mol. The molecule has 128 valence electrons. The number of nitrogens with two attached hydrogens (primary N) is 1. The first kappa shape index (κ1) is 15.5. The summed E-state index contributed by atoms with van der Waals surface area (Å²) in [5.41, 5.74) is 7.05. The van der Waals surface area contributed by atoms with Crippen LogP contribution in [0.15, 0.2) is 27.8 Å². The van der Waals surface area contributed by atoms with Crippen molar-refractivity contribution in [1.29, 1.82) is 0 Å². The number of aliphatic imine (C=N–C) groups is 1. The first-order valence-electron chi connectivity index (χ1n) is 7.70. The van der Waals surface area contributed by atoms with Gasteiger partial charge in [0.1, 0.15) is 11.6 Å². The van der Waals surface area contributed by atoms with E-state index in [2.05, 4.69) is 15.1 Å². The highest BCUT2D eigenvalue weighted by Crippen LogP contribution is 2.37. The standard InChI is InChI=1S/C14H17N5O4S/c15-14(8-24(20,21)22)17-10-5-2-1-4-9(10)13-16-12(18-19(13)14)11-6-3-7-23-11/h3,6-7,9H,1-2,4-5,8,15H2,(H,20,21,22). The van der Waals surface area contributed by atoms with E-state index in [9.17, 15) is 13.0 Å². The van der Waals surface area contributed by atoms with Crippen LogP contribution in [-0.2, 0) is 15.9 Å². The lowest BCUT2D eigenvalue weighted by Crippen LogP contribution is -2.52. The minimum absolute atomic E-state index is 0.0342. The number of nitrogens with zero attached hydrogens (tertiary/aromatic N) is 4. The Balaban J connectivity index is 1.87. The molecule has 2 aliphatic rings. The zero-order valence-corrected chi connectivity index (χ0v) is 13.6. The van der Waals surface area contributed by atoms with Crippen molar-refractivity contribution in [2.75, 3.05) is 5.75 Å². The summed E-state index contributed by atoms with van der Waals surface area (Å²) in [6, 6.07) is 3.43. The fourth-order valence-corrected chi connectivity index (χ4v) is 4.13. The number of furan rings is 1. The number of fused-ring (bicyclic) bond motifs is 3. The van der Waals surface area contributed by atoms with Crippen LogP contribution in [0.3, 0.4) is 0 Å². The maximum absolute atomic E-state index is 11.4. The summed E-state index contributed by atoms with van der Waals surface area (Å²) in [7, 11) is -4.35. The normalized spacial score (nSPS) is 26.6. The van der Waals surface area contributed by atoms with Gasteiger partial charge in [0.25, 0.3) is 10.1 Å². The van der Waals surface area contributed by atoms with E-state index in [0.29, 0.717) is 17.4 Å². The Labute approximate surface area is 138 Å². The van der Waals surface area contributed by atoms with Crippen molar-refractivity contribution in [1.82, 2.24) is 14.8 Å². The molecule has 0 amide bonds. The van der Waals surface area contributed by atoms with Crippen LogP contribution in [0.5, 0.6) is 0 Å². The van der Waals surface area contributed by atoms with E-state index in [4.69, 9.17) is 10.2 Å². The van der Waals surface area contributed by atoms with Crippen molar-refractivity contribution in [2.45, 2.75) is 37.4 Å². The van der Waals surface area contributed by atoms with Gasteiger partial charge in [-0.25, -0.2) is 14.7 Å². The van der Waals surface area contributed by atoms with Crippen LogP contribution < -0.4 is 5.73 Å². The van der Waals surface area contributed by atoms with E-state index in [1.54, 1.807) is 12.1 Å². The fraction of sp³-hybridized carbons (Fsp3) is 0.500. The molecule has 0 radical (unpaired) electrons. The molecule has 3 N–H and O–H groups in total. The highest BCUT2D eigenvalue weighted by molar-refractivity contribution is 7.85. The Morgan fingerprint density at radius 2 is 2.29 bits per heavy atom. The third-order valence-corrected chi connectivity index (χ3v) is 5.15. The lowest BCUT2D eigenvalue weighted by molar-refractivity contribution is 0.277. The van der Waals surface area contributed by atoms with Crippen LogP contribution in [0.4, 0.5) is 0 Å². The average Bonchev–Trinajstić information content (AvgIpc) is 3.15. The topological polar surface area (TPSA) is 137 Å². The lowest BCUT2D eigenvalue weighted by Gasteiger charge is -2.36. The first-order chi connectivity index (χ1) is 11.4. The third kappa shape index (κ3) is 2.56. The zero-order chi connectivity index (χ0) is 16.9. The molecule has 1 fully saturated rings. The minimum Gasteiger partial charge on any atom is -0.461 e. The predicted molar refractivity (Wildman–Crippen MR) is 84.9 cm³/mol. The maximum atomic E-state index is 11.4. The van der Waals surface area contributed by atoms with Gasteiger partial charge in [0.15, 0.2) is 5.76 Å². The van der Waals surface area contributed by atoms with Gasteiger partial charge in [-0.1, -0.05) is 6.42 Å². The molecule has 0 bridgehead atoms. The van der Waals surface area contributed by atoms with Gasteiger partial charge in [-0.05, 0) is 31.4 Å². The molecule has 10 heteroatoms. The Morgan fingerprint density at radius 1 is 1.46 bits per heavy atom. The second-order valence-corrected chi connectivity index (χ2v) is 7.64. The molecule has 0 spiro atoms. The summed E-state index contributed by atoms with van der Waals surface area (Å²) in [4.78, 5) is 8.97. The highest BCUT2D eigenvalue weighted by atomic mass is 32.2. The van der Waals surface area contributed by atoms with E-state index in [1.807, 2.05) is 0 Å². The molecule has 2 aromatic rings. The monoisotopic (exact) mass is 351 g/mol. The molecule has 2 atom stereocenters. The number of aromatic nitrogens is 3. The molecule has 4 rings (SSSR count). The molecule has 2 aromatic heterocycles. The summed E-state index contributed by atoms with van der Waals surface area (Å²) < 4.78 is 38.8. The van der Waals surface area contributed by atoms with Crippen LogP contribution in [0, 0.1) is 0 Å². The van der Waals surface area contributed by atoms with E-state index in [0.717, 1.165) is 31.4 Å². The molecule has 1 saturated carbocycles. The quantitative estimate of drug-likeness (QED) is 0.790. The maximum Gasteiger partial charge on any atom is 0.270 e. The van der Waals surface area contributed by atoms with Gasteiger partial charge in [0.05, 0.1) is 12.2 Å². The second-order valence-electron chi connectivity index (χ2n) is 6.19. The molecule has 1 aliphatic carbocycles. The molecule has 2 unspecified atom stereocenters. The van der Waals surface area contributed by atoms with Crippen molar-refractivity contribution < 1.29 is 17.4 Å². The van der Waals surface area contributed by atoms with Crippen molar-refractivity contribution in [3.05, 3.63) is 24.2 Å². The number of hydrogen-bond acceptors (Lipinski definition) is 7. The van der Waals surface area contributed by atoms with Crippen LogP contribution in [0.1, 0.15) is 37.4 Å². The van der Waals surface area contributed by atoms with Gasteiger partial charge in [-0.3, -0.25) is 10.3 Å². The predicted octanol–water partition coefficient (Wildman–Crippen LogP) is 1.11. The molecule has 1 aliphatic heterocycles. The van der Waals surface area contributed by atoms with Crippen LogP contribution in [0.2, 0.25) is 0 Å². The fourth-order valence-electron chi connectivity index (χ4n) is 3.41. The third-order valence-electron chi connectivity index (χ3n) is 4.36. The van der Waals surface area contributed by atoms with Crippen LogP contribution in [0.25, 0.3) is 11.6 Å². The summed E-state index contributed by atoms with van der Waals surface area (Å²) in [5.74, 6) is -1.15. The van der Waals surface area contributed by atoms with Crippen molar-refractivity contribution >= 4 is 15.8 Å². The molecule has 0 saturated heterocycles. The smallest absolute Gasteiger partial charge is 0.270 e. The van der Waals surface area contributed by atoms with Crippen molar-refractivity contribution in [3.8, 4) is 11.6 Å². The SMILES string of the molecule is NC1(CS(=O)(=O)O)N=C2CCCCC2c2nc(-c3ccco3)nn21. The lowest BCUT2D eigenvalue weighted by atomic mass is 9.85. The number of rotatable bonds is 3. The van der Waals surface area contributed by atoms with Crippen LogP contribution in [-0.4, -0.2) is 39.2 Å². The molecule has 3 heterocycles.